The largest absolute Gasteiger partial charge is 0.481 e. The lowest BCUT2D eigenvalue weighted by molar-refractivity contribution is -0.137. The first kappa shape index (κ1) is 15.2. The van der Waals surface area contributed by atoms with Crippen molar-refractivity contribution < 1.29 is 14.7 Å². The number of carboxylic acid groups (broad SMARTS) is 1. The van der Waals surface area contributed by atoms with Gasteiger partial charge in [-0.25, -0.2) is 0 Å². The molecule has 0 aliphatic carbocycles. The van der Waals surface area contributed by atoms with Crippen LogP contribution in [0.25, 0.3) is 0 Å². The van der Waals surface area contributed by atoms with Crippen molar-refractivity contribution in [2.24, 2.45) is 5.41 Å². The maximum atomic E-state index is 11.7. The number of hydrogen-bond donors (Lipinski definition) is 2. The third-order valence-electron chi connectivity index (χ3n) is 2.56. The van der Waals surface area contributed by atoms with Crippen LogP contribution in [0.15, 0.2) is 24.3 Å². The van der Waals surface area contributed by atoms with Crippen molar-refractivity contribution in [2.75, 3.05) is 5.32 Å². The maximum absolute atomic E-state index is 11.7. The Balaban J connectivity index is 2.52. The molecule has 0 aliphatic heterocycles. The molecule has 0 unspecified atom stereocenters. The fraction of sp³-hybridized carbons (Fsp3) is 0.467. The van der Waals surface area contributed by atoms with Gasteiger partial charge in [-0.3, -0.25) is 9.59 Å². The van der Waals surface area contributed by atoms with E-state index in [0.717, 1.165) is 11.3 Å². The lowest BCUT2D eigenvalue weighted by Crippen LogP contribution is -2.19. The number of anilines is 1. The minimum atomic E-state index is -0.803. The molecule has 0 radical (unpaired) electrons. The first-order chi connectivity index (χ1) is 8.76. The molecule has 1 amide bonds. The van der Waals surface area contributed by atoms with Gasteiger partial charge >= 0.3 is 5.97 Å². The number of benzene rings is 1. The summed E-state index contributed by atoms with van der Waals surface area (Å²) in [6.07, 6.45) is 1.09. The monoisotopic (exact) mass is 263 g/mol. The molecular formula is C15H21NO3. The third kappa shape index (κ3) is 6.60. The zero-order valence-electron chi connectivity index (χ0n) is 11.7. The lowest BCUT2D eigenvalue weighted by Gasteiger charge is -2.17. The van der Waals surface area contributed by atoms with E-state index in [9.17, 15) is 9.59 Å². The summed E-state index contributed by atoms with van der Waals surface area (Å²) < 4.78 is 0. The number of aryl methyl sites for hydroxylation is 1. The van der Waals surface area contributed by atoms with E-state index < -0.39 is 5.97 Å². The van der Waals surface area contributed by atoms with Crippen molar-refractivity contribution in [2.45, 2.75) is 40.0 Å². The van der Waals surface area contributed by atoms with Crippen LogP contribution in [-0.4, -0.2) is 17.0 Å². The number of amides is 1. The zero-order valence-corrected chi connectivity index (χ0v) is 11.7. The van der Waals surface area contributed by atoms with Gasteiger partial charge in [-0.15, -0.1) is 0 Å². The van der Waals surface area contributed by atoms with Crippen LogP contribution in [0.3, 0.4) is 0 Å². The summed E-state index contributed by atoms with van der Waals surface area (Å²) in [6, 6.07) is 7.29. The van der Waals surface area contributed by atoms with Crippen LogP contribution in [0, 0.1) is 5.41 Å². The van der Waals surface area contributed by atoms with Gasteiger partial charge in [0.05, 0.1) is 0 Å². The molecule has 104 valence electrons. The second-order valence-corrected chi connectivity index (χ2v) is 5.88. The molecule has 0 spiro atoms. The van der Waals surface area contributed by atoms with Crippen LogP contribution < -0.4 is 5.32 Å². The van der Waals surface area contributed by atoms with Crippen molar-refractivity contribution in [1.29, 1.82) is 0 Å². The van der Waals surface area contributed by atoms with E-state index in [2.05, 4.69) is 5.32 Å². The summed E-state index contributed by atoms with van der Waals surface area (Å²) in [5.74, 6) is -0.812. The Morgan fingerprint density at radius 3 is 2.21 bits per heavy atom. The first-order valence-electron chi connectivity index (χ1n) is 6.37. The maximum Gasteiger partial charge on any atom is 0.303 e. The normalized spacial score (nSPS) is 11.1. The molecule has 4 nitrogen and oxygen atoms in total. The molecule has 0 bridgehead atoms. The molecule has 0 saturated heterocycles. The fourth-order valence-corrected chi connectivity index (χ4v) is 1.69. The van der Waals surface area contributed by atoms with Crippen molar-refractivity contribution >= 4 is 17.6 Å². The average Bonchev–Trinajstić information content (AvgIpc) is 2.25. The number of aliphatic carboxylic acids is 1. The molecule has 0 aromatic heterocycles. The summed E-state index contributed by atoms with van der Waals surface area (Å²) in [7, 11) is 0. The number of hydrogen-bond acceptors (Lipinski definition) is 2. The molecule has 0 aliphatic rings. The quantitative estimate of drug-likeness (QED) is 0.858. The van der Waals surface area contributed by atoms with Crippen molar-refractivity contribution in [3.8, 4) is 0 Å². The summed E-state index contributed by atoms with van der Waals surface area (Å²) in [6.45, 7) is 6.05. The van der Waals surface area contributed by atoms with Gasteiger partial charge in [0, 0.05) is 18.5 Å². The standard InChI is InChI=1S/C15H21NO3/c1-15(2,3)10-13(17)16-12-7-4-11(5-8-12)6-9-14(18)19/h4-5,7-8H,6,9-10H2,1-3H3,(H,16,17)(H,18,19). The van der Waals surface area contributed by atoms with Crippen LogP contribution >= 0.6 is 0 Å². The summed E-state index contributed by atoms with van der Waals surface area (Å²) in [4.78, 5) is 22.2. The molecule has 0 saturated carbocycles. The van der Waals surface area contributed by atoms with E-state index >= 15 is 0 Å². The average molecular weight is 263 g/mol. The molecular weight excluding hydrogens is 242 g/mol. The highest BCUT2D eigenvalue weighted by Crippen LogP contribution is 2.19. The van der Waals surface area contributed by atoms with Crippen LogP contribution in [0.1, 0.15) is 39.2 Å². The van der Waals surface area contributed by atoms with Gasteiger partial charge in [0.2, 0.25) is 5.91 Å². The Morgan fingerprint density at radius 1 is 1.16 bits per heavy atom. The van der Waals surface area contributed by atoms with Gasteiger partial charge in [-0.2, -0.15) is 0 Å². The van der Waals surface area contributed by atoms with Gasteiger partial charge in [-0.05, 0) is 29.5 Å². The number of carbonyl (C=O) groups excluding carboxylic acids is 1. The Hall–Kier alpha value is -1.84. The minimum Gasteiger partial charge on any atom is -0.481 e. The van der Waals surface area contributed by atoms with Gasteiger partial charge in [0.15, 0.2) is 0 Å². The molecule has 0 fully saturated rings. The highest BCUT2D eigenvalue weighted by atomic mass is 16.4. The fourth-order valence-electron chi connectivity index (χ4n) is 1.69. The SMILES string of the molecule is CC(C)(C)CC(=O)Nc1ccc(CCC(=O)O)cc1. The van der Waals surface area contributed by atoms with E-state index in [1.807, 2.05) is 32.9 Å². The Kier molecular flexibility index (Phi) is 5.10. The summed E-state index contributed by atoms with van der Waals surface area (Å²) in [5.41, 5.74) is 1.66. The second-order valence-electron chi connectivity index (χ2n) is 5.88. The number of carboxylic acids is 1. The smallest absolute Gasteiger partial charge is 0.303 e. The third-order valence-corrected chi connectivity index (χ3v) is 2.56. The van der Waals surface area contributed by atoms with Crippen molar-refractivity contribution in [1.82, 2.24) is 0 Å². The second kappa shape index (κ2) is 6.36. The highest BCUT2D eigenvalue weighted by Gasteiger charge is 2.15. The van der Waals surface area contributed by atoms with E-state index in [-0.39, 0.29) is 17.7 Å². The van der Waals surface area contributed by atoms with Gasteiger partial charge < -0.3 is 10.4 Å². The number of nitrogens with one attached hydrogen (secondary N) is 1. The van der Waals surface area contributed by atoms with Crippen LogP contribution in [-0.2, 0) is 16.0 Å². The Morgan fingerprint density at radius 2 is 1.74 bits per heavy atom. The molecule has 1 rings (SSSR count). The molecule has 1 aromatic rings. The molecule has 1 aromatic carbocycles. The first-order valence-corrected chi connectivity index (χ1v) is 6.37. The van der Waals surface area contributed by atoms with E-state index in [0.29, 0.717) is 12.8 Å². The van der Waals surface area contributed by atoms with Crippen LogP contribution in [0.2, 0.25) is 0 Å². The summed E-state index contributed by atoms with van der Waals surface area (Å²) in [5, 5.41) is 11.4. The molecule has 0 atom stereocenters. The minimum absolute atomic E-state index is 0.00853. The van der Waals surface area contributed by atoms with Crippen molar-refractivity contribution in [3.63, 3.8) is 0 Å². The predicted molar refractivity (Wildman–Crippen MR) is 75.1 cm³/mol. The number of rotatable bonds is 5. The van der Waals surface area contributed by atoms with E-state index in [1.54, 1.807) is 12.1 Å². The zero-order chi connectivity index (χ0) is 14.5. The molecule has 4 heteroatoms. The van der Waals surface area contributed by atoms with Gasteiger partial charge in [0.1, 0.15) is 0 Å². The predicted octanol–water partition coefficient (Wildman–Crippen LogP) is 3.08. The van der Waals surface area contributed by atoms with Crippen LogP contribution in [0.5, 0.6) is 0 Å². The highest BCUT2D eigenvalue weighted by molar-refractivity contribution is 5.91. The topological polar surface area (TPSA) is 66.4 Å². The molecule has 0 heterocycles. The Labute approximate surface area is 113 Å². The number of carbonyl (C=O) groups is 2. The molecule has 19 heavy (non-hydrogen) atoms. The Bertz CT molecular complexity index is 443. The van der Waals surface area contributed by atoms with Crippen LogP contribution in [0.4, 0.5) is 5.69 Å². The van der Waals surface area contributed by atoms with E-state index in [4.69, 9.17) is 5.11 Å². The molecule has 2 N–H and O–H groups in total. The van der Waals surface area contributed by atoms with Gasteiger partial charge in [0.25, 0.3) is 0 Å². The van der Waals surface area contributed by atoms with E-state index in [1.165, 1.54) is 0 Å². The van der Waals surface area contributed by atoms with Crippen molar-refractivity contribution in [3.05, 3.63) is 29.8 Å². The van der Waals surface area contributed by atoms with Gasteiger partial charge in [-0.1, -0.05) is 32.9 Å². The summed E-state index contributed by atoms with van der Waals surface area (Å²) >= 11 is 0. The lowest BCUT2D eigenvalue weighted by atomic mass is 9.92.